The second-order valence-corrected chi connectivity index (χ2v) is 7.93. The van der Waals surface area contributed by atoms with Crippen molar-refractivity contribution in [1.82, 2.24) is 9.97 Å². The number of rotatable bonds is 7. The number of nitrogens with zero attached hydrogens (tertiary/aromatic N) is 1. The van der Waals surface area contributed by atoms with Crippen molar-refractivity contribution in [2.24, 2.45) is 0 Å². The SMILES string of the molecule is O=C(O)/C(=C/c1cccc(OCc2ccc(Cl)cc2)c1)Sc1nc2ccccc2[nH]1. The smallest absolute Gasteiger partial charge is 0.342 e. The number of aromatic nitrogens is 2. The first-order valence-electron chi connectivity index (χ1n) is 9.12. The van der Waals surface area contributed by atoms with E-state index >= 15 is 0 Å². The number of aliphatic carboxylic acids is 1. The summed E-state index contributed by atoms with van der Waals surface area (Å²) in [6.45, 7) is 0.393. The van der Waals surface area contributed by atoms with Gasteiger partial charge in [0.1, 0.15) is 17.3 Å². The van der Waals surface area contributed by atoms with Crippen molar-refractivity contribution in [3.8, 4) is 5.75 Å². The molecule has 7 heteroatoms. The van der Waals surface area contributed by atoms with Crippen LogP contribution in [0.1, 0.15) is 11.1 Å². The summed E-state index contributed by atoms with van der Waals surface area (Å²) in [6.07, 6.45) is 1.61. The quantitative estimate of drug-likeness (QED) is 0.274. The second kappa shape index (κ2) is 9.07. The number of nitrogens with one attached hydrogen (secondary N) is 1. The third-order valence-corrected chi connectivity index (χ3v) is 5.41. The molecule has 0 saturated heterocycles. The van der Waals surface area contributed by atoms with E-state index in [-0.39, 0.29) is 4.91 Å². The Balaban J connectivity index is 1.51. The molecule has 0 aliphatic carbocycles. The molecule has 0 fully saturated rings. The molecule has 0 aliphatic heterocycles. The number of thioether (sulfide) groups is 1. The Bertz CT molecular complexity index is 1190. The highest BCUT2D eigenvalue weighted by Gasteiger charge is 2.13. The molecule has 30 heavy (non-hydrogen) atoms. The van der Waals surface area contributed by atoms with Crippen LogP contribution in [0, 0.1) is 0 Å². The van der Waals surface area contributed by atoms with E-state index in [2.05, 4.69) is 9.97 Å². The van der Waals surface area contributed by atoms with Crippen LogP contribution in [0.25, 0.3) is 17.1 Å². The van der Waals surface area contributed by atoms with Gasteiger partial charge in [0.25, 0.3) is 0 Å². The van der Waals surface area contributed by atoms with Crippen molar-refractivity contribution in [2.45, 2.75) is 11.8 Å². The first-order chi connectivity index (χ1) is 14.6. The lowest BCUT2D eigenvalue weighted by molar-refractivity contribution is -0.131. The number of H-pyrrole nitrogens is 1. The summed E-state index contributed by atoms with van der Waals surface area (Å²) >= 11 is 6.98. The number of fused-ring (bicyclic) bond motifs is 1. The van der Waals surface area contributed by atoms with E-state index in [1.54, 1.807) is 12.1 Å². The lowest BCUT2D eigenvalue weighted by Crippen LogP contribution is -1.98. The highest BCUT2D eigenvalue weighted by atomic mass is 35.5. The topological polar surface area (TPSA) is 75.2 Å². The van der Waals surface area contributed by atoms with Crippen molar-refractivity contribution in [3.63, 3.8) is 0 Å². The number of carboxylic acids is 1. The van der Waals surface area contributed by atoms with E-state index in [1.807, 2.05) is 66.7 Å². The molecular formula is C23H17ClN2O3S. The molecule has 0 spiro atoms. The number of hydrogen-bond acceptors (Lipinski definition) is 4. The number of para-hydroxylation sites is 2. The Kier molecular flexibility index (Phi) is 6.07. The lowest BCUT2D eigenvalue weighted by Gasteiger charge is -2.07. The molecule has 2 N–H and O–H groups in total. The summed E-state index contributed by atoms with van der Waals surface area (Å²) in [7, 11) is 0. The Morgan fingerprint density at radius 1 is 1.10 bits per heavy atom. The number of benzene rings is 3. The van der Waals surface area contributed by atoms with E-state index in [0.717, 1.165) is 33.9 Å². The fourth-order valence-corrected chi connectivity index (χ4v) is 3.73. The van der Waals surface area contributed by atoms with Gasteiger partial charge >= 0.3 is 5.97 Å². The van der Waals surface area contributed by atoms with Crippen LogP contribution in [0.4, 0.5) is 0 Å². The fourth-order valence-electron chi connectivity index (χ4n) is 2.81. The molecular weight excluding hydrogens is 420 g/mol. The third kappa shape index (κ3) is 5.03. The van der Waals surface area contributed by atoms with E-state index in [0.29, 0.717) is 22.5 Å². The van der Waals surface area contributed by atoms with E-state index in [1.165, 1.54) is 0 Å². The molecule has 1 heterocycles. The Labute approximate surface area is 182 Å². The minimum atomic E-state index is -1.02. The molecule has 0 saturated carbocycles. The van der Waals surface area contributed by atoms with Crippen LogP contribution in [0.15, 0.2) is 82.9 Å². The molecule has 0 radical (unpaired) electrons. The van der Waals surface area contributed by atoms with Gasteiger partial charge in [0.15, 0.2) is 5.16 Å². The predicted molar refractivity (Wildman–Crippen MR) is 120 cm³/mol. The van der Waals surface area contributed by atoms with E-state index in [9.17, 15) is 9.90 Å². The average molecular weight is 437 g/mol. The summed E-state index contributed by atoms with van der Waals surface area (Å²) in [6, 6.07) is 22.3. The van der Waals surface area contributed by atoms with Crippen molar-refractivity contribution in [1.29, 1.82) is 0 Å². The van der Waals surface area contributed by atoms with Gasteiger partial charge in [-0.1, -0.05) is 48.0 Å². The zero-order valence-corrected chi connectivity index (χ0v) is 17.3. The maximum absolute atomic E-state index is 11.8. The standard InChI is InChI=1S/C23H17ClN2O3S/c24-17-10-8-15(9-11-17)14-29-18-5-3-4-16(12-18)13-21(22(27)28)30-23-25-19-6-1-2-7-20(19)26-23/h1-13H,14H2,(H,25,26)(H,27,28)/b21-13-. The second-order valence-electron chi connectivity index (χ2n) is 6.46. The van der Waals surface area contributed by atoms with E-state index < -0.39 is 5.97 Å². The van der Waals surface area contributed by atoms with Gasteiger partial charge < -0.3 is 14.8 Å². The summed E-state index contributed by atoms with van der Waals surface area (Å²) in [5.41, 5.74) is 3.38. The van der Waals surface area contributed by atoms with Gasteiger partial charge in [0.2, 0.25) is 0 Å². The van der Waals surface area contributed by atoms with Gasteiger partial charge in [0.05, 0.1) is 11.0 Å². The van der Waals surface area contributed by atoms with Gasteiger partial charge in [-0.25, -0.2) is 9.78 Å². The largest absolute Gasteiger partial charge is 0.489 e. The molecule has 0 atom stereocenters. The minimum Gasteiger partial charge on any atom is -0.489 e. The van der Waals surface area contributed by atoms with Crippen molar-refractivity contribution in [2.75, 3.05) is 0 Å². The van der Waals surface area contributed by atoms with Gasteiger partial charge in [-0.15, -0.1) is 0 Å². The zero-order valence-electron chi connectivity index (χ0n) is 15.7. The summed E-state index contributed by atoms with van der Waals surface area (Å²) in [5, 5.41) is 10.8. The van der Waals surface area contributed by atoms with Crippen molar-refractivity contribution in [3.05, 3.63) is 93.9 Å². The molecule has 4 aromatic rings. The molecule has 1 aromatic heterocycles. The summed E-state index contributed by atoms with van der Waals surface area (Å²) < 4.78 is 5.83. The molecule has 3 aromatic carbocycles. The van der Waals surface area contributed by atoms with Crippen molar-refractivity contribution >= 4 is 46.4 Å². The lowest BCUT2D eigenvalue weighted by atomic mass is 10.2. The molecule has 0 amide bonds. The van der Waals surface area contributed by atoms with Gasteiger partial charge in [0, 0.05) is 5.02 Å². The minimum absolute atomic E-state index is 0.156. The van der Waals surface area contributed by atoms with Crippen LogP contribution >= 0.6 is 23.4 Å². The number of carbonyl (C=O) groups is 1. The Morgan fingerprint density at radius 2 is 1.90 bits per heavy atom. The molecule has 0 aliphatic rings. The zero-order chi connectivity index (χ0) is 20.9. The summed E-state index contributed by atoms with van der Waals surface area (Å²) in [4.78, 5) is 19.5. The number of aromatic amines is 1. The Morgan fingerprint density at radius 3 is 2.67 bits per heavy atom. The van der Waals surface area contributed by atoms with E-state index in [4.69, 9.17) is 16.3 Å². The first-order valence-corrected chi connectivity index (χ1v) is 10.3. The third-order valence-electron chi connectivity index (χ3n) is 4.26. The number of imidazole rings is 1. The first kappa shape index (κ1) is 20.1. The number of carboxylic acid groups (broad SMARTS) is 1. The highest BCUT2D eigenvalue weighted by Crippen LogP contribution is 2.29. The normalized spacial score (nSPS) is 11.6. The predicted octanol–water partition coefficient (Wildman–Crippen LogP) is 6.01. The average Bonchev–Trinajstić information content (AvgIpc) is 3.15. The monoisotopic (exact) mass is 436 g/mol. The van der Waals surface area contributed by atoms with Crippen LogP contribution < -0.4 is 4.74 Å². The Hall–Kier alpha value is -3.22. The van der Waals surface area contributed by atoms with Crippen LogP contribution in [-0.2, 0) is 11.4 Å². The number of ether oxygens (including phenoxy) is 1. The van der Waals surface area contributed by atoms with Crippen LogP contribution in [0.2, 0.25) is 5.02 Å². The van der Waals surface area contributed by atoms with Gasteiger partial charge in [-0.2, -0.15) is 0 Å². The van der Waals surface area contributed by atoms with Crippen LogP contribution in [0.5, 0.6) is 5.75 Å². The molecule has 5 nitrogen and oxygen atoms in total. The molecule has 0 unspecified atom stereocenters. The maximum atomic E-state index is 11.8. The maximum Gasteiger partial charge on any atom is 0.342 e. The van der Waals surface area contributed by atoms with Gasteiger partial charge in [-0.3, -0.25) is 0 Å². The molecule has 4 rings (SSSR count). The number of halogens is 1. The van der Waals surface area contributed by atoms with Crippen molar-refractivity contribution < 1.29 is 14.6 Å². The molecule has 150 valence electrons. The van der Waals surface area contributed by atoms with Crippen LogP contribution in [-0.4, -0.2) is 21.0 Å². The fraction of sp³-hybridized carbons (Fsp3) is 0.0435. The van der Waals surface area contributed by atoms with Gasteiger partial charge in [-0.05, 0) is 65.4 Å². The summed E-state index contributed by atoms with van der Waals surface area (Å²) in [5.74, 6) is -0.370. The number of hydrogen-bond donors (Lipinski definition) is 2. The van der Waals surface area contributed by atoms with Crippen LogP contribution in [0.3, 0.4) is 0 Å². The highest BCUT2D eigenvalue weighted by molar-refractivity contribution is 8.04. The molecule has 0 bridgehead atoms.